The highest BCUT2D eigenvalue weighted by Crippen LogP contribution is 2.11. The predicted octanol–water partition coefficient (Wildman–Crippen LogP) is 2.83. The van der Waals surface area contributed by atoms with Crippen LogP contribution < -0.4 is 5.43 Å². The molecule has 110 valence electrons. The van der Waals surface area contributed by atoms with Crippen molar-refractivity contribution in [1.82, 2.24) is 15.6 Å². The summed E-state index contributed by atoms with van der Waals surface area (Å²) in [6, 6.07) is 7.60. The van der Waals surface area contributed by atoms with Crippen molar-refractivity contribution in [3.8, 4) is 0 Å². The monoisotopic (exact) mass is 288 g/mol. The van der Waals surface area contributed by atoms with Gasteiger partial charge in [-0.2, -0.15) is 10.2 Å². The molecule has 2 rings (SSSR count). The van der Waals surface area contributed by atoms with Crippen LogP contribution in [0.4, 0.5) is 4.39 Å². The van der Waals surface area contributed by atoms with Crippen molar-refractivity contribution in [1.29, 1.82) is 0 Å². The molecule has 0 fully saturated rings. The summed E-state index contributed by atoms with van der Waals surface area (Å²) in [4.78, 5) is 11.9. The van der Waals surface area contributed by atoms with E-state index in [1.807, 2.05) is 13.8 Å². The van der Waals surface area contributed by atoms with E-state index in [4.69, 9.17) is 0 Å². The SMILES string of the molecule is C/C(=N\NC(=O)c1cc(C(C)C)[nH]n1)c1ccc(F)cc1. The first-order valence-electron chi connectivity index (χ1n) is 6.63. The average molecular weight is 288 g/mol. The molecule has 1 amide bonds. The summed E-state index contributed by atoms with van der Waals surface area (Å²) in [6.07, 6.45) is 0. The van der Waals surface area contributed by atoms with Gasteiger partial charge in [0, 0.05) is 5.69 Å². The second-order valence-electron chi connectivity index (χ2n) is 5.01. The Labute approximate surface area is 122 Å². The van der Waals surface area contributed by atoms with Gasteiger partial charge in [0.1, 0.15) is 5.82 Å². The standard InChI is InChI=1S/C15H17FN4O/c1-9(2)13-8-14(19-18-13)15(21)20-17-10(3)11-4-6-12(16)7-5-11/h4-9H,1-3H3,(H,18,19)(H,20,21)/b17-10+. The molecule has 0 unspecified atom stereocenters. The summed E-state index contributed by atoms with van der Waals surface area (Å²) in [5.41, 5.74) is 4.94. The maximum Gasteiger partial charge on any atom is 0.291 e. The van der Waals surface area contributed by atoms with Gasteiger partial charge in [-0.25, -0.2) is 9.82 Å². The number of nitrogens with zero attached hydrogens (tertiary/aromatic N) is 2. The molecule has 5 nitrogen and oxygen atoms in total. The van der Waals surface area contributed by atoms with Crippen molar-refractivity contribution >= 4 is 11.6 Å². The fraction of sp³-hybridized carbons (Fsp3) is 0.267. The van der Waals surface area contributed by atoms with E-state index in [1.54, 1.807) is 25.1 Å². The summed E-state index contributed by atoms with van der Waals surface area (Å²) in [7, 11) is 0. The molecular weight excluding hydrogens is 271 g/mol. The third-order valence-corrected chi connectivity index (χ3v) is 3.04. The maximum absolute atomic E-state index is 12.8. The molecule has 0 saturated carbocycles. The largest absolute Gasteiger partial charge is 0.291 e. The lowest BCUT2D eigenvalue weighted by atomic mass is 10.1. The molecule has 0 spiro atoms. The van der Waals surface area contributed by atoms with E-state index in [-0.39, 0.29) is 23.3 Å². The minimum atomic E-state index is -0.389. The van der Waals surface area contributed by atoms with Crippen molar-refractivity contribution in [2.24, 2.45) is 5.10 Å². The molecule has 0 radical (unpaired) electrons. The van der Waals surface area contributed by atoms with E-state index in [2.05, 4.69) is 20.7 Å². The summed E-state index contributed by atoms with van der Waals surface area (Å²) in [5, 5.41) is 10.7. The van der Waals surface area contributed by atoms with Gasteiger partial charge < -0.3 is 0 Å². The zero-order valence-electron chi connectivity index (χ0n) is 12.1. The van der Waals surface area contributed by atoms with Crippen LogP contribution in [0.25, 0.3) is 0 Å². The highest BCUT2D eigenvalue weighted by Gasteiger charge is 2.11. The van der Waals surface area contributed by atoms with Crippen LogP contribution in [0.5, 0.6) is 0 Å². The topological polar surface area (TPSA) is 70.1 Å². The van der Waals surface area contributed by atoms with Crippen molar-refractivity contribution in [2.45, 2.75) is 26.7 Å². The molecule has 0 saturated heterocycles. The van der Waals surface area contributed by atoms with E-state index < -0.39 is 0 Å². The van der Waals surface area contributed by atoms with E-state index in [9.17, 15) is 9.18 Å². The van der Waals surface area contributed by atoms with Crippen LogP contribution in [-0.4, -0.2) is 21.8 Å². The first-order chi connectivity index (χ1) is 9.97. The smallest absolute Gasteiger partial charge is 0.282 e. The zero-order valence-corrected chi connectivity index (χ0v) is 12.1. The van der Waals surface area contributed by atoms with Gasteiger partial charge in [-0.1, -0.05) is 26.0 Å². The fourth-order valence-electron chi connectivity index (χ4n) is 1.70. The number of hydrazone groups is 1. The van der Waals surface area contributed by atoms with E-state index >= 15 is 0 Å². The van der Waals surface area contributed by atoms with Crippen molar-refractivity contribution < 1.29 is 9.18 Å². The normalized spacial score (nSPS) is 11.8. The summed E-state index contributed by atoms with van der Waals surface area (Å²) in [5.74, 6) is -0.434. The third kappa shape index (κ3) is 3.75. The molecule has 0 bridgehead atoms. The summed E-state index contributed by atoms with van der Waals surface area (Å²) in [6.45, 7) is 5.75. The van der Waals surface area contributed by atoms with Crippen LogP contribution in [-0.2, 0) is 0 Å². The Kier molecular flexibility index (Phi) is 4.47. The fourth-order valence-corrected chi connectivity index (χ4v) is 1.70. The van der Waals surface area contributed by atoms with Crippen LogP contribution in [0.3, 0.4) is 0 Å². The van der Waals surface area contributed by atoms with E-state index in [0.717, 1.165) is 11.3 Å². The maximum atomic E-state index is 12.8. The number of rotatable bonds is 4. The second kappa shape index (κ2) is 6.30. The van der Waals surface area contributed by atoms with Gasteiger partial charge in [0.25, 0.3) is 5.91 Å². The quantitative estimate of drug-likeness (QED) is 0.671. The molecule has 1 aromatic carbocycles. The first-order valence-corrected chi connectivity index (χ1v) is 6.63. The van der Waals surface area contributed by atoms with Crippen LogP contribution >= 0.6 is 0 Å². The van der Waals surface area contributed by atoms with Crippen LogP contribution in [0.1, 0.15) is 48.4 Å². The summed E-state index contributed by atoms with van der Waals surface area (Å²) >= 11 is 0. The van der Waals surface area contributed by atoms with Crippen LogP contribution in [0.2, 0.25) is 0 Å². The molecule has 6 heteroatoms. The highest BCUT2D eigenvalue weighted by molar-refractivity contribution is 6.00. The molecule has 2 N–H and O–H groups in total. The number of carbonyl (C=O) groups is 1. The number of H-pyrrole nitrogens is 1. The lowest BCUT2D eigenvalue weighted by molar-refractivity contribution is 0.0950. The number of carbonyl (C=O) groups excluding carboxylic acids is 1. The number of benzene rings is 1. The second-order valence-corrected chi connectivity index (χ2v) is 5.01. The van der Waals surface area contributed by atoms with Gasteiger partial charge in [0.05, 0.1) is 5.71 Å². The molecule has 0 aliphatic carbocycles. The Hall–Kier alpha value is -2.50. The number of aromatic nitrogens is 2. The molecular formula is C15H17FN4O. The molecule has 0 aliphatic heterocycles. The van der Waals surface area contributed by atoms with Gasteiger partial charge in [0.15, 0.2) is 5.69 Å². The molecule has 0 aliphatic rings. The zero-order chi connectivity index (χ0) is 15.4. The van der Waals surface area contributed by atoms with Gasteiger partial charge >= 0.3 is 0 Å². The Morgan fingerprint density at radius 1 is 1.33 bits per heavy atom. The molecule has 1 heterocycles. The van der Waals surface area contributed by atoms with Crippen molar-refractivity contribution in [3.63, 3.8) is 0 Å². The molecule has 2 aromatic rings. The predicted molar refractivity (Wildman–Crippen MR) is 78.8 cm³/mol. The number of aromatic amines is 1. The van der Waals surface area contributed by atoms with Crippen molar-refractivity contribution in [3.05, 3.63) is 53.1 Å². The minimum Gasteiger partial charge on any atom is -0.282 e. The number of hydrogen-bond acceptors (Lipinski definition) is 3. The minimum absolute atomic E-state index is 0.267. The van der Waals surface area contributed by atoms with E-state index in [1.165, 1.54) is 12.1 Å². The Bertz CT molecular complexity index is 659. The number of halogens is 1. The Morgan fingerprint density at radius 3 is 2.57 bits per heavy atom. The number of hydrogen-bond donors (Lipinski definition) is 2. The third-order valence-electron chi connectivity index (χ3n) is 3.04. The lowest BCUT2D eigenvalue weighted by Gasteiger charge is -2.01. The van der Waals surface area contributed by atoms with Gasteiger partial charge in [-0.05, 0) is 36.6 Å². The number of nitrogens with one attached hydrogen (secondary N) is 2. The highest BCUT2D eigenvalue weighted by atomic mass is 19.1. The van der Waals surface area contributed by atoms with Crippen LogP contribution in [0.15, 0.2) is 35.4 Å². The van der Waals surface area contributed by atoms with E-state index in [0.29, 0.717) is 5.71 Å². The van der Waals surface area contributed by atoms with Crippen molar-refractivity contribution in [2.75, 3.05) is 0 Å². The van der Waals surface area contributed by atoms with Gasteiger partial charge in [0.2, 0.25) is 0 Å². The Balaban J connectivity index is 2.05. The first kappa shape index (κ1) is 14.9. The molecule has 1 aromatic heterocycles. The lowest BCUT2D eigenvalue weighted by Crippen LogP contribution is -2.19. The van der Waals surface area contributed by atoms with Gasteiger partial charge in [-0.15, -0.1) is 0 Å². The van der Waals surface area contributed by atoms with Crippen LogP contribution in [0, 0.1) is 5.82 Å². The van der Waals surface area contributed by atoms with Gasteiger partial charge in [-0.3, -0.25) is 9.89 Å². The average Bonchev–Trinajstić information content (AvgIpc) is 2.95. The Morgan fingerprint density at radius 2 is 2.00 bits per heavy atom. The molecule has 21 heavy (non-hydrogen) atoms. The number of amides is 1. The summed E-state index contributed by atoms with van der Waals surface area (Å²) < 4.78 is 12.8. The molecule has 0 atom stereocenters.